The van der Waals surface area contributed by atoms with Gasteiger partial charge in [-0.1, -0.05) is 6.07 Å². The number of rotatable bonds is 3. The fourth-order valence-electron chi connectivity index (χ4n) is 2.08. The molecule has 0 aliphatic heterocycles. The molecule has 0 radical (unpaired) electrons. The van der Waals surface area contributed by atoms with Crippen molar-refractivity contribution < 1.29 is 4.74 Å². The first-order valence-corrected chi connectivity index (χ1v) is 6.02. The molecule has 100 valence electrons. The third-order valence-electron chi connectivity index (χ3n) is 2.81. The third-order valence-corrected chi connectivity index (χ3v) is 2.81. The number of nitrogen functional groups attached to an aromatic ring is 1. The Labute approximate surface area is 112 Å². The number of aryl methyl sites for hydroxylation is 3. The van der Waals surface area contributed by atoms with Crippen molar-refractivity contribution in [3.63, 3.8) is 0 Å². The largest absolute Gasteiger partial charge is 0.496 e. The fourth-order valence-corrected chi connectivity index (χ4v) is 2.08. The van der Waals surface area contributed by atoms with Crippen LogP contribution in [0.4, 0.5) is 5.95 Å². The zero-order valence-corrected chi connectivity index (χ0v) is 11.6. The quantitative estimate of drug-likeness (QED) is 0.859. The minimum atomic E-state index is 0.372. The monoisotopic (exact) mass is 258 g/mol. The predicted octanol–water partition coefficient (Wildman–Crippen LogP) is 2.28. The Kier molecular flexibility index (Phi) is 3.55. The van der Waals surface area contributed by atoms with E-state index in [-0.39, 0.29) is 0 Å². The zero-order valence-electron chi connectivity index (χ0n) is 11.6. The second kappa shape index (κ2) is 5.14. The smallest absolute Gasteiger partial charge is 0.221 e. The molecule has 1 heterocycles. The Morgan fingerprint density at radius 3 is 2.63 bits per heavy atom. The van der Waals surface area contributed by atoms with Gasteiger partial charge in [0, 0.05) is 5.56 Å². The molecule has 0 atom stereocenters. The molecule has 2 aromatic rings. The molecular formula is C14H18N4O. The summed E-state index contributed by atoms with van der Waals surface area (Å²) in [4.78, 5) is 4.10. The number of hydrogen-bond donors (Lipinski definition) is 1. The molecule has 0 aliphatic rings. The molecule has 0 spiro atoms. The van der Waals surface area contributed by atoms with Crippen LogP contribution in [0.2, 0.25) is 0 Å². The van der Waals surface area contributed by atoms with Gasteiger partial charge in [-0.3, -0.25) is 0 Å². The highest BCUT2D eigenvalue weighted by atomic mass is 16.5. The van der Waals surface area contributed by atoms with Gasteiger partial charge in [-0.2, -0.15) is 5.10 Å². The van der Waals surface area contributed by atoms with Crippen LogP contribution in [0, 0.1) is 20.8 Å². The second-order valence-corrected chi connectivity index (χ2v) is 4.53. The third kappa shape index (κ3) is 2.76. The molecule has 0 fully saturated rings. The van der Waals surface area contributed by atoms with Crippen LogP contribution >= 0.6 is 0 Å². The Morgan fingerprint density at radius 2 is 2.05 bits per heavy atom. The first-order valence-electron chi connectivity index (χ1n) is 6.02. The summed E-state index contributed by atoms with van der Waals surface area (Å²) in [7, 11) is 1.66. The number of aromatic nitrogens is 2. The summed E-state index contributed by atoms with van der Waals surface area (Å²) in [5.41, 5.74) is 9.74. The van der Waals surface area contributed by atoms with Gasteiger partial charge in [0.2, 0.25) is 5.95 Å². The van der Waals surface area contributed by atoms with E-state index in [4.69, 9.17) is 10.5 Å². The van der Waals surface area contributed by atoms with Gasteiger partial charge in [0.15, 0.2) is 0 Å². The average Bonchev–Trinajstić information content (AvgIpc) is 2.64. The molecule has 5 nitrogen and oxygen atoms in total. The van der Waals surface area contributed by atoms with E-state index < -0.39 is 0 Å². The predicted molar refractivity (Wildman–Crippen MR) is 76.8 cm³/mol. The highest BCUT2D eigenvalue weighted by molar-refractivity contribution is 5.84. The molecule has 1 aromatic heterocycles. The maximum absolute atomic E-state index is 5.74. The van der Waals surface area contributed by atoms with Gasteiger partial charge in [-0.25, -0.2) is 9.66 Å². The Morgan fingerprint density at radius 1 is 1.32 bits per heavy atom. The summed E-state index contributed by atoms with van der Waals surface area (Å²) < 4.78 is 6.96. The van der Waals surface area contributed by atoms with Crippen molar-refractivity contribution in [2.75, 3.05) is 12.8 Å². The summed E-state index contributed by atoms with van der Waals surface area (Å²) in [6.07, 6.45) is 3.51. The van der Waals surface area contributed by atoms with Crippen LogP contribution in [0.5, 0.6) is 5.75 Å². The number of imidazole rings is 1. The van der Waals surface area contributed by atoms with Crippen molar-refractivity contribution in [2.24, 2.45) is 5.10 Å². The van der Waals surface area contributed by atoms with Gasteiger partial charge in [-0.15, -0.1) is 0 Å². The first-order chi connectivity index (χ1) is 9.01. The van der Waals surface area contributed by atoms with Gasteiger partial charge in [-0.05, 0) is 38.0 Å². The fraction of sp³-hybridized carbons (Fsp3) is 0.286. The lowest BCUT2D eigenvalue weighted by atomic mass is 10.1. The molecule has 2 N–H and O–H groups in total. The lowest BCUT2D eigenvalue weighted by Crippen LogP contribution is -1.99. The Hall–Kier alpha value is -2.30. The normalized spacial score (nSPS) is 11.2. The molecule has 0 saturated carbocycles. The molecular weight excluding hydrogens is 240 g/mol. The topological polar surface area (TPSA) is 65.4 Å². The molecule has 0 aliphatic carbocycles. The van der Waals surface area contributed by atoms with Crippen molar-refractivity contribution in [3.8, 4) is 5.75 Å². The summed E-state index contributed by atoms with van der Waals surface area (Å²) >= 11 is 0. The number of ether oxygens (including phenoxy) is 1. The number of nitrogens with two attached hydrogens (primary N) is 1. The van der Waals surface area contributed by atoms with E-state index in [1.54, 1.807) is 24.2 Å². The van der Waals surface area contributed by atoms with Gasteiger partial charge < -0.3 is 10.5 Å². The standard InChI is InChI=1S/C14H18N4O/c1-9-5-10(2)13(19-4)12(6-9)7-16-18-8-11(3)17-14(18)15/h5-8H,1-4H3,(H2,15,17). The van der Waals surface area contributed by atoms with Gasteiger partial charge >= 0.3 is 0 Å². The Bertz CT molecular complexity index is 629. The van der Waals surface area contributed by atoms with Crippen LogP contribution in [0.25, 0.3) is 0 Å². The Balaban J connectivity index is 2.40. The van der Waals surface area contributed by atoms with Crippen molar-refractivity contribution in [1.29, 1.82) is 0 Å². The minimum Gasteiger partial charge on any atom is -0.496 e. The van der Waals surface area contributed by atoms with Crippen LogP contribution in [-0.2, 0) is 0 Å². The van der Waals surface area contributed by atoms with Crippen molar-refractivity contribution in [3.05, 3.63) is 40.7 Å². The summed E-state index contributed by atoms with van der Waals surface area (Å²) in [6, 6.07) is 4.10. The van der Waals surface area contributed by atoms with Crippen LogP contribution in [-0.4, -0.2) is 23.0 Å². The maximum Gasteiger partial charge on any atom is 0.221 e. The number of methoxy groups -OCH3 is 1. The van der Waals surface area contributed by atoms with Crippen molar-refractivity contribution in [2.45, 2.75) is 20.8 Å². The summed E-state index contributed by atoms with van der Waals surface area (Å²) in [5.74, 6) is 1.20. The highest BCUT2D eigenvalue weighted by Gasteiger charge is 2.06. The molecule has 1 aromatic carbocycles. The maximum atomic E-state index is 5.74. The molecule has 0 amide bonds. The second-order valence-electron chi connectivity index (χ2n) is 4.53. The lowest BCUT2D eigenvalue weighted by molar-refractivity contribution is 0.411. The average molecular weight is 258 g/mol. The van der Waals surface area contributed by atoms with E-state index in [2.05, 4.69) is 16.2 Å². The lowest BCUT2D eigenvalue weighted by Gasteiger charge is -2.09. The molecule has 0 bridgehead atoms. The van der Waals surface area contributed by atoms with Crippen LogP contribution in [0.1, 0.15) is 22.4 Å². The van der Waals surface area contributed by atoms with Crippen LogP contribution < -0.4 is 10.5 Å². The van der Waals surface area contributed by atoms with Gasteiger partial charge in [0.1, 0.15) is 5.75 Å². The number of nitrogens with zero attached hydrogens (tertiary/aromatic N) is 3. The van der Waals surface area contributed by atoms with Crippen molar-refractivity contribution >= 4 is 12.2 Å². The zero-order chi connectivity index (χ0) is 14.0. The molecule has 2 rings (SSSR count). The van der Waals surface area contributed by atoms with Crippen LogP contribution in [0.3, 0.4) is 0 Å². The number of hydrogen-bond acceptors (Lipinski definition) is 4. The number of benzene rings is 1. The first kappa shape index (κ1) is 13.1. The molecule has 0 saturated heterocycles. The molecule has 5 heteroatoms. The SMILES string of the molecule is COc1c(C)cc(C)cc1C=Nn1cc(C)nc1N. The summed E-state index contributed by atoms with van der Waals surface area (Å²) in [5, 5.41) is 4.31. The summed E-state index contributed by atoms with van der Waals surface area (Å²) in [6.45, 7) is 5.93. The van der Waals surface area contributed by atoms with Gasteiger partial charge in [0.05, 0.1) is 25.2 Å². The van der Waals surface area contributed by atoms with Crippen LogP contribution in [0.15, 0.2) is 23.4 Å². The molecule has 19 heavy (non-hydrogen) atoms. The van der Waals surface area contributed by atoms with E-state index in [1.165, 1.54) is 0 Å². The minimum absolute atomic E-state index is 0.372. The van der Waals surface area contributed by atoms with Crippen molar-refractivity contribution in [1.82, 2.24) is 9.66 Å². The highest BCUT2D eigenvalue weighted by Crippen LogP contribution is 2.23. The van der Waals surface area contributed by atoms with E-state index in [1.807, 2.05) is 26.8 Å². The van der Waals surface area contributed by atoms with E-state index >= 15 is 0 Å². The van der Waals surface area contributed by atoms with Gasteiger partial charge in [0.25, 0.3) is 0 Å². The van der Waals surface area contributed by atoms with E-state index in [0.29, 0.717) is 5.95 Å². The van der Waals surface area contributed by atoms with E-state index in [0.717, 1.165) is 28.1 Å². The van der Waals surface area contributed by atoms with E-state index in [9.17, 15) is 0 Å². The number of anilines is 1. The molecule has 0 unspecified atom stereocenters.